The van der Waals surface area contributed by atoms with Crippen LogP contribution in [0.1, 0.15) is 33.3 Å². The number of anilines is 1. The molecule has 0 radical (unpaired) electrons. The van der Waals surface area contributed by atoms with Crippen molar-refractivity contribution in [3.8, 4) is 22.9 Å². The number of ether oxygens (including phenoxy) is 2. The second kappa shape index (κ2) is 9.52. The van der Waals surface area contributed by atoms with Crippen molar-refractivity contribution < 1.29 is 14.3 Å². The molecule has 1 amide bonds. The fraction of sp³-hybridized carbons (Fsp3) is 0.348. The second-order valence-corrected chi connectivity index (χ2v) is 9.63. The molecule has 3 N–H and O–H groups in total. The number of nitrogen functional groups attached to an aromatic ring is 1. The van der Waals surface area contributed by atoms with Crippen LogP contribution in [0.4, 0.5) is 5.69 Å². The quantitative estimate of drug-likeness (QED) is 0.408. The maximum absolute atomic E-state index is 12.8. The van der Waals surface area contributed by atoms with E-state index in [1.165, 1.54) is 22.0 Å². The van der Waals surface area contributed by atoms with Gasteiger partial charge in [-0.15, -0.1) is 10.2 Å². The highest BCUT2D eigenvalue weighted by molar-refractivity contribution is 8.00. The van der Waals surface area contributed by atoms with Gasteiger partial charge in [0.2, 0.25) is 11.1 Å². The zero-order valence-corrected chi connectivity index (χ0v) is 20.0. The Morgan fingerprint density at radius 3 is 2.38 bits per heavy atom. The monoisotopic (exact) mass is 455 g/mol. The van der Waals surface area contributed by atoms with E-state index in [9.17, 15) is 4.79 Å². The summed E-state index contributed by atoms with van der Waals surface area (Å²) in [7, 11) is 3.11. The number of methoxy groups -OCH3 is 2. The molecule has 2 aromatic carbocycles. The lowest BCUT2D eigenvalue weighted by Gasteiger charge is -2.19. The van der Waals surface area contributed by atoms with Crippen LogP contribution in [0.5, 0.6) is 11.5 Å². The zero-order valence-electron chi connectivity index (χ0n) is 19.2. The Hall–Kier alpha value is -3.20. The Labute approximate surface area is 192 Å². The summed E-state index contributed by atoms with van der Waals surface area (Å²) in [5.74, 6) is 7.72. The first-order chi connectivity index (χ1) is 15.1. The van der Waals surface area contributed by atoms with Gasteiger partial charge in [0.1, 0.15) is 11.5 Å². The first-order valence-electron chi connectivity index (χ1n) is 10.1. The summed E-state index contributed by atoms with van der Waals surface area (Å²) in [6.45, 7) is 8.26. The third-order valence-corrected chi connectivity index (χ3v) is 6.05. The Kier molecular flexibility index (Phi) is 6.98. The zero-order chi connectivity index (χ0) is 23.5. The minimum Gasteiger partial charge on any atom is -0.497 e. The lowest BCUT2D eigenvalue weighted by atomic mass is 9.87. The molecular formula is C23H29N5O3S. The number of rotatable bonds is 7. The third-order valence-electron chi connectivity index (χ3n) is 4.99. The molecule has 0 saturated carbocycles. The first-order valence-corrected chi connectivity index (χ1v) is 11.0. The number of thioether (sulfide) groups is 1. The number of hydrogen-bond acceptors (Lipinski definition) is 7. The van der Waals surface area contributed by atoms with E-state index in [1.54, 1.807) is 39.3 Å². The fourth-order valence-corrected chi connectivity index (χ4v) is 3.80. The van der Waals surface area contributed by atoms with E-state index in [0.29, 0.717) is 28.2 Å². The van der Waals surface area contributed by atoms with Crippen LogP contribution < -0.4 is 20.6 Å². The number of benzene rings is 2. The summed E-state index contributed by atoms with van der Waals surface area (Å²) in [5.41, 5.74) is 2.66. The first kappa shape index (κ1) is 23.5. The molecule has 1 heterocycles. The molecule has 3 rings (SSSR count). The minimum atomic E-state index is -0.478. The summed E-state index contributed by atoms with van der Waals surface area (Å²) in [6.07, 6.45) is 0. The summed E-state index contributed by atoms with van der Waals surface area (Å²) in [6, 6.07) is 13.3. The molecule has 1 atom stereocenters. The fourth-order valence-electron chi connectivity index (χ4n) is 3.03. The maximum atomic E-state index is 12.8. The molecular weight excluding hydrogens is 426 g/mol. The minimum absolute atomic E-state index is 0.0597. The number of carbonyl (C=O) groups is 1. The third kappa shape index (κ3) is 5.16. The van der Waals surface area contributed by atoms with Crippen molar-refractivity contribution in [3.63, 3.8) is 0 Å². The van der Waals surface area contributed by atoms with Crippen LogP contribution in [-0.4, -0.2) is 40.3 Å². The molecule has 0 aliphatic carbocycles. The Balaban J connectivity index is 1.73. The number of nitrogens with two attached hydrogens (primary N) is 1. The average molecular weight is 456 g/mol. The summed E-state index contributed by atoms with van der Waals surface area (Å²) in [5, 5.41) is 11.2. The van der Waals surface area contributed by atoms with Gasteiger partial charge in [-0.05, 0) is 30.0 Å². The number of nitrogens with one attached hydrogen (secondary N) is 1. The number of aromatic nitrogens is 3. The van der Waals surface area contributed by atoms with Gasteiger partial charge < -0.3 is 20.6 Å². The Morgan fingerprint density at radius 2 is 1.78 bits per heavy atom. The number of amides is 1. The molecule has 0 fully saturated rings. The van der Waals surface area contributed by atoms with Crippen LogP contribution in [0.25, 0.3) is 11.4 Å². The van der Waals surface area contributed by atoms with Gasteiger partial charge >= 0.3 is 0 Å². The lowest BCUT2D eigenvalue weighted by molar-refractivity contribution is -0.115. The van der Waals surface area contributed by atoms with E-state index >= 15 is 0 Å². The van der Waals surface area contributed by atoms with Gasteiger partial charge in [-0.2, -0.15) is 0 Å². The van der Waals surface area contributed by atoms with Crippen molar-refractivity contribution >= 4 is 23.4 Å². The molecule has 8 nitrogen and oxygen atoms in total. The predicted octanol–water partition coefficient (Wildman–Crippen LogP) is 4.09. The van der Waals surface area contributed by atoms with Crippen molar-refractivity contribution in [1.82, 2.24) is 14.9 Å². The molecule has 0 bridgehead atoms. The number of hydrogen-bond donors (Lipinski definition) is 2. The highest BCUT2D eigenvalue weighted by Gasteiger charge is 2.22. The van der Waals surface area contributed by atoms with Gasteiger partial charge in [-0.3, -0.25) is 4.79 Å². The molecule has 9 heteroatoms. The Bertz CT molecular complexity index is 1090. The van der Waals surface area contributed by atoms with E-state index in [0.717, 1.165) is 5.56 Å². The SMILES string of the molecule is COc1ccc(OC)c(NC(=O)C(C)Sc2nnc(-c3ccc(C(C)(C)C)cc3)n2N)c1. The topological polar surface area (TPSA) is 104 Å². The largest absolute Gasteiger partial charge is 0.497 e. The van der Waals surface area contributed by atoms with Crippen LogP contribution in [0.15, 0.2) is 47.6 Å². The van der Waals surface area contributed by atoms with Crippen LogP contribution >= 0.6 is 11.8 Å². The van der Waals surface area contributed by atoms with E-state index in [4.69, 9.17) is 15.3 Å². The van der Waals surface area contributed by atoms with Crippen molar-refractivity contribution in [2.75, 3.05) is 25.4 Å². The molecule has 1 unspecified atom stereocenters. The van der Waals surface area contributed by atoms with Crippen LogP contribution in [-0.2, 0) is 10.2 Å². The van der Waals surface area contributed by atoms with Gasteiger partial charge in [0.05, 0.1) is 25.2 Å². The van der Waals surface area contributed by atoms with E-state index in [2.05, 4.69) is 48.4 Å². The van der Waals surface area contributed by atoms with Crippen molar-refractivity contribution in [2.45, 2.75) is 43.5 Å². The number of nitrogens with zero attached hydrogens (tertiary/aromatic N) is 3. The predicted molar refractivity (Wildman–Crippen MR) is 128 cm³/mol. The lowest BCUT2D eigenvalue weighted by Crippen LogP contribution is -2.24. The standard InChI is InChI=1S/C23H29N5O3S/c1-14(21(29)25-18-13-17(30-5)11-12-19(18)31-6)32-22-27-26-20(28(22)24)15-7-9-16(10-8-15)23(2,3)4/h7-14H,24H2,1-6H3,(H,25,29). The van der Waals surface area contributed by atoms with Crippen molar-refractivity contribution in [1.29, 1.82) is 0 Å². The normalized spacial score (nSPS) is 12.3. The van der Waals surface area contributed by atoms with Crippen LogP contribution in [0.2, 0.25) is 0 Å². The highest BCUT2D eigenvalue weighted by atomic mass is 32.2. The van der Waals surface area contributed by atoms with Gasteiger partial charge in [0.25, 0.3) is 0 Å². The number of carbonyl (C=O) groups excluding carboxylic acids is 1. The maximum Gasteiger partial charge on any atom is 0.237 e. The molecule has 0 saturated heterocycles. The smallest absolute Gasteiger partial charge is 0.237 e. The molecule has 170 valence electrons. The van der Waals surface area contributed by atoms with Crippen LogP contribution in [0, 0.1) is 0 Å². The van der Waals surface area contributed by atoms with Crippen LogP contribution in [0.3, 0.4) is 0 Å². The van der Waals surface area contributed by atoms with Gasteiger partial charge in [0.15, 0.2) is 5.82 Å². The molecule has 3 aromatic rings. The van der Waals surface area contributed by atoms with Gasteiger partial charge in [-0.25, -0.2) is 4.68 Å². The van der Waals surface area contributed by atoms with Crippen molar-refractivity contribution in [3.05, 3.63) is 48.0 Å². The van der Waals surface area contributed by atoms with E-state index in [-0.39, 0.29) is 11.3 Å². The molecule has 0 spiro atoms. The molecule has 0 aliphatic rings. The second-order valence-electron chi connectivity index (χ2n) is 8.32. The molecule has 0 aliphatic heterocycles. The Morgan fingerprint density at radius 1 is 1.09 bits per heavy atom. The summed E-state index contributed by atoms with van der Waals surface area (Å²) < 4.78 is 12.0. The summed E-state index contributed by atoms with van der Waals surface area (Å²) >= 11 is 1.22. The van der Waals surface area contributed by atoms with Gasteiger partial charge in [0, 0.05) is 11.6 Å². The average Bonchev–Trinajstić information content (AvgIpc) is 3.13. The van der Waals surface area contributed by atoms with Gasteiger partial charge in [-0.1, -0.05) is 56.8 Å². The highest BCUT2D eigenvalue weighted by Crippen LogP contribution is 2.31. The summed E-state index contributed by atoms with van der Waals surface area (Å²) in [4.78, 5) is 12.8. The van der Waals surface area contributed by atoms with E-state index < -0.39 is 5.25 Å². The molecule has 1 aromatic heterocycles. The van der Waals surface area contributed by atoms with Crippen molar-refractivity contribution in [2.24, 2.45) is 0 Å². The van der Waals surface area contributed by atoms with E-state index in [1.807, 2.05) is 12.1 Å². The molecule has 32 heavy (non-hydrogen) atoms.